The number of hydrogen-bond donors (Lipinski definition) is 0. The molecule has 0 amide bonds. The lowest BCUT2D eigenvalue weighted by Gasteiger charge is -2.37. The number of nitrogens with zero attached hydrogens (tertiary/aromatic N) is 2. The van der Waals surface area contributed by atoms with Gasteiger partial charge in [-0.05, 0) is 18.7 Å². The maximum atomic E-state index is 12.5. The molecule has 0 unspecified atom stereocenters. The fraction of sp³-hybridized carbons (Fsp3) is 0.385. The fourth-order valence-corrected chi connectivity index (χ4v) is 2.50. The summed E-state index contributed by atoms with van der Waals surface area (Å²) in [4.78, 5) is 3.88. The van der Waals surface area contributed by atoms with E-state index in [0.29, 0.717) is 31.2 Å². The summed E-state index contributed by atoms with van der Waals surface area (Å²) >= 11 is 6.12. The number of para-hydroxylation sites is 1. The molecule has 2 nitrogen and oxygen atoms in total. The molecular formula is C13H16BClF3N2-. The number of rotatable bonds is 4. The molecule has 0 N–H and O–H groups in total. The largest absolute Gasteiger partial charge is 0.506 e. The van der Waals surface area contributed by atoms with Crippen LogP contribution in [-0.2, 0) is 0 Å². The number of benzene rings is 1. The fourth-order valence-electron chi connectivity index (χ4n) is 2.25. The number of piperazine rings is 1. The van der Waals surface area contributed by atoms with Crippen molar-refractivity contribution in [2.45, 2.75) is 0 Å². The molecule has 1 saturated heterocycles. The Morgan fingerprint density at radius 1 is 1.15 bits per heavy atom. The molecule has 1 aromatic carbocycles. The number of hydrogen-bond acceptors (Lipinski definition) is 2. The second-order valence-electron chi connectivity index (χ2n) is 4.95. The molecule has 0 aromatic heterocycles. The molecule has 1 aliphatic rings. The molecule has 110 valence electrons. The molecule has 1 aliphatic heterocycles. The van der Waals surface area contributed by atoms with Crippen molar-refractivity contribution >= 4 is 24.3 Å². The van der Waals surface area contributed by atoms with Crippen molar-refractivity contribution in [1.29, 1.82) is 0 Å². The normalized spacial score (nSPS) is 17.3. The van der Waals surface area contributed by atoms with E-state index in [1.54, 1.807) is 4.90 Å². The van der Waals surface area contributed by atoms with Crippen molar-refractivity contribution in [2.75, 3.05) is 37.6 Å². The van der Waals surface area contributed by atoms with Crippen LogP contribution in [0.2, 0.25) is 5.02 Å². The second kappa shape index (κ2) is 6.10. The molecule has 1 fully saturated rings. The van der Waals surface area contributed by atoms with Crippen molar-refractivity contribution in [3.63, 3.8) is 0 Å². The summed E-state index contributed by atoms with van der Waals surface area (Å²) in [6.07, 6.45) is 0. The lowest BCUT2D eigenvalue weighted by molar-refractivity contribution is 0.277. The van der Waals surface area contributed by atoms with Crippen molar-refractivity contribution in [3.05, 3.63) is 41.3 Å². The van der Waals surface area contributed by atoms with Gasteiger partial charge < -0.3 is 17.8 Å². The first-order valence-corrected chi connectivity index (χ1v) is 6.85. The molecule has 0 radical (unpaired) electrons. The van der Waals surface area contributed by atoms with Crippen LogP contribution in [0.3, 0.4) is 0 Å². The van der Waals surface area contributed by atoms with E-state index in [1.165, 1.54) is 0 Å². The zero-order chi connectivity index (χ0) is 14.8. The van der Waals surface area contributed by atoms with Gasteiger partial charge in [-0.3, -0.25) is 4.90 Å². The van der Waals surface area contributed by atoms with E-state index < -0.39 is 12.4 Å². The highest BCUT2D eigenvalue weighted by Crippen LogP contribution is 2.26. The molecule has 0 saturated carbocycles. The second-order valence-corrected chi connectivity index (χ2v) is 5.35. The van der Waals surface area contributed by atoms with Gasteiger partial charge in [-0.15, -0.1) is 12.1 Å². The summed E-state index contributed by atoms with van der Waals surface area (Å²) in [5.74, 6) is 0. The van der Waals surface area contributed by atoms with Crippen LogP contribution in [0.25, 0.3) is 0 Å². The van der Waals surface area contributed by atoms with Gasteiger partial charge in [-0.25, -0.2) is 0 Å². The van der Waals surface area contributed by atoms with Crippen LogP contribution in [0.5, 0.6) is 0 Å². The van der Waals surface area contributed by atoms with E-state index in [4.69, 9.17) is 11.6 Å². The van der Waals surface area contributed by atoms with Crippen LogP contribution >= 0.6 is 11.6 Å². The van der Waals surface area contributed by atoms with E-state index in [1.807, 2.05) is 24.3 Å². The van der Waals surface area contributed by atoms with E-state index in [2.05, 4.69) is 11.5 Å². The first kappa shape index (κ1) is 15.3. The summed E-state index contributed by atoms with van der Waals surface area (Å²) in [6, 6.07) is 7.51. The summed E-state index contributed by atoms with van der Waals surface area (Å²) in [5.41, 5.74) is 0.309. The minimum absolute atomic E-state index is 0.0974. The topological polar surface area (TPSA) is 6.48 Å². The zero-order valence-corrected chi connectivity index (χ0v) is 11.8. The predicted molar refractivity (Wildman–Crippen MR) is 78.3 cm³/mol. The van der Waals surface area contributed by atoms with Crippen LogP contribution in [0, 0.1) is 0 Å². The predicted octanol–water partition coefficient (Wildman–Crippen LogP) is 3.40. The third-order valence-electron chi connectivity index (χ3n) is 3.46. The van der Waals surface area contributed by atoms with Crippen molar-refractivity contribution in [3.8, 4) is 0 Å². The number of anilines is 1. The van der Waals surface area contributed by atoms with Crippen LogP contribution in [-0.4, -0.2) is 44.6 Å². The Morgan fingerprint density at radius 2 is 1.75 bits per heavy atom. The van der Waals surface area contributed by atoms with Crippen LogP contribution in [0.4, 0.5) is 18.6 Å². The van der Waals surface area contributed by atoms with Gasteiger partial charge in [0.1, 0.15) is 0 Å². The van der Waals surface area contributed by atoms with Gasteiger partial charge in [-0.2, -0.15) is 0 Å². The third-order valence-corrected chi connectivity index (χ3v) is 3.77. The van der Waals surface area contributed by atoms with Crippen LogP contribution in [0.1, 0.15) is 0 Å². The Bertz CT molecular complexity index is 485. The highest BCUT2D eigenvalue weighted by molar-refractivity contribution is 6.66. The Morgan fingerprint density at radius 3 is 2.30 bits per heavy atom. The lowest BCUT2D eigenvalue weighted by atomic mass is 9.80. The summed E-state index contributed by atoms with van der Waals surface area (Å²) in [5, 5.41) is 0.670. The third kappa shape index (κ3) is 3.70. The lowest BCUT2D eigenvalue weighted by Crippen LogP contribution is -2.48. The van der Waals surface area contributed by atoms with Gasteiger partial charge in [0.25, 0.3) is 0 Å². The maximum Gasteiger partial charge on any atom is 0.506 e. The van der Waals surface area contributed by atoms with E-state index in [-0.39, 0.29) is 6.54 Å². The molecule has 1 heterocycles. The van der Waals surface area contributed by atoms with Crippen LogP contribution in [0.15, 0.2) is 36.3 Å². The van der Waals surface area contributed by atoms with Gasteiger partial charge in [0.2, 0.25) is 0 Å². The van der Waals surface area contributed by atoms with Crippen molar-refractivity contribution < 1.29 is 12.9 Å². The van der Waals surface area contributed by atoms with Crippen molar-refractivity contribution in [2.24, 2.45) is 0 Å². The summed E-state index contributed by atoms with van der Waals surface area (Å²) < 4.78 is 37.5. The molecule has 2 rings (SSSR count). The summed E-state index contributed by atoms with van der Waals surface area (Å²) in [6.45, 7) is 0.601. The first-order chi connectivity index (χ1) is 9.38. The molecule has 7 heteroatoms. The van der Waals surface area contributed by atoms with Gasteiger partial charge >= 0.3 is 6.98 Å². The maximum absolute atomic E-state index is 12.5. The van der Waals surface area contributed by atoms with E-state index in [0.717, 1.165) is 5.69 Å². The Hall–Kier alpha value is -1.14. The quantitative estimate of drug-likeness (QED) is 0.787. The van der Waals surface area contributed by atoms with Gasteiger partial charge in [0.15, 0.2) is 0 Å². The Kier molecular flexibility index (Phi) is 4.65. The van der Waals surface area contributed by atoms with Gasteiger partial charge in [0, 0.05) is 26.2 Å². The Labute approximate surface area is 121 Å². The molecule has 1 aromatic rings. The van der Waals surface area contributed by atoms with E-state index in [9.17, 15) is 12.9 Å². The highest BCUT2D eigenvalue weighted by Gasteiger charge is 2.29. The molecule has 0 atom stereocenters. The average molecular weight is 304 g/mol. The smallest absolute Gasteiger partial charge is 0.445 e. The van der Waals surface area contributed by atoms with Crippen LogP contribution < -0.4 is 4.90 Å². The minimum Gasteiger partial charge on any atom is -0.445 e. The minimum atomic E-state index is -4.94. The van der Waals surface area contributed by atoms with Gasteiger partial charge in [-0.1, -0.05) is 23.7 Å². The standard InChI is InChI=1S/C13H16BClF3N2/c1-11(14(16,17)18)10-19-6-8-20(9-7-19)13-5-3-2-4-12(13)15/h2-5H,1,6-10H2/q-1. The molecule has 20 heavy (non-hydrogen) atoms. The van der Waals surface area contributed by atoms with Gasteiger partial charge in [0.05, 0.1) is 10.7 Å². The zero-order valence-electron chi connectivity index (χ0n) is 11.0. The molecule has 0 bridgehead atoms. The Balaban J connectivity index is 1.90. The number of halogens is 4. The SMILES string of the molecule is C=C(CN1CCN(c2ccccc2Cl)CC1)[B-](F)(F)F. The average Bonchev–Trinajstić information content (AvgIpc) is 2.39. The molecule has 0 spiro atoms. The first-order valence-electron chi connectivity index (χ1n) is 6.47. The molecular weight excluding hydrogens is 287 g/mol. The summed E-state index contributed by atoms with van der Waals surface area (Å²) in [7, 11) is 0. The molecule has 0 aliphatic carbocycles. The monoisotopic (exact) mass is 303 g/mol. The van der Waals surface area contributed by atoms with E-state index >= 15 is 0 Å². The van der Waals surface area contributed by atoms with Crippen molar-refractivity contribution in [1.82, 2.24) is 4.90 Å². The highest BCUT2D eigenvalue weighted by atomic mass is 35.5.